The zero-order chi connectivity index (χ0) is 19.4. The summed E-state index contributed by atoms with van der Waals surface area (Å²) in [6.45, 7) is 0. The number of para-hydroxylation sites is 1. The van der Waals surface area contributed by atoms with Gasteiger partial charge < -0.3 is 9.69 Å². The van der Waals surface area contributed by atoms with E-state index in [9.17, 15) is 22.8 Å². The fourth-order valence-electron chi connectivity index (χ4n) is 4.51. The fraction of sp³-hybridized carbons (Fsp3) is 0.300. The third-order valence-corrected chi connectivity index (χ3v) is 5.65. The maximum absolute atomic E-state index is 13.9. The van der Waals surface area contributed by atoms with Crippen LogP contribution >= 0.6 is 0 Å². The van der Waals surface area contributed by atoms with Crippen LogP contribution in [-0.2, 0) is 15.1 Å². The summed E-state index contributed by atoms with van der Waals surface area (Å²) in [4.78, 5) is 26.6. The van der Waals surface area contributed by atoms with Crippen LogP contribution in [-0.4, -0.2) is 31.5 Å². The molecule has 0 aromatic heterocycles. The van der Waals surface area contributed by atoms with Gasteiger partial charge in [0.15, 0.2) is 0 Å². The van der Waals surface area contributed by atoms with Gasteiger partial charge in [-0.15, -0.1) is 0 Å². The minimum absolute atomic E-state index is 0.376. The number of halogens is 3. The lowest BCUT2D eigenvalue weighted by molar-refractivity contribution is -0.158. The molecule has 2 aliphatic rings. The zero-order valence-electron chi connectivity index (χ0n) is 14.4. The zero-order valence-corrected chi connectivity index (χ0v) is 14.4. The van der Waals surface area contributed by atoms with Gasteiger partial charge in [-0.25, -0.2) is 0 Å². The number of hydrogen-bond acceptors (Lipinski definition) is 3. The Balaban J connectivity index is 1.96. The largest absolute Gasteiger partial charge is 0.404 e. The highest BCUT2D eigenvalue weighted by Crippen LogP contribution is 2.55. The molecule has 4 rings (SSSR count). The lowest BCUT2D eigenvalue weighted by atomic mass is 9.73. The molecule has 2 aromatic rings. The van der Waals surface area contributed by atoms with Crippen molar-refractivity contribution in [3.8, 4) is 0 Å². The van der Waals surface area contributed by atoms with E-state index in [1.165, 1.54) is 11.9 Å². The minimum atomic E-state index is -4.62. The second-order valence-electron chi connectivity index (χ2n) is 6.95. The maximum Gasteiger partial charge on any atom is 0.404 e. The predicted octanol–water partition coefficient (Wildman–Crippen LogP) is 2.99. The molecule has 0 aliphatic carbocycles. The van der Waals surface area contributed by atoms with Crippen LogP contribution in [0.1, 0.15) is 17.0 Å². The summed E-state index contributed by atoms with van der Waals surface area (Å²) in [7, 11) is 1.51. The SMILES string of the molecule is CN1C(=O)[C@]2(N[C@H](C(F)(F)F)[C@H](c3ccccc3)[C@@H]2C=O)c2ccccc21. The van der Waals surface area contributed by atoms with Gasteiger partial charge in [-0.3, -0.25) is 10.1 Å². The minimum Gasteiger partial charge on any atom is -0.313 e. The van der Waals surface area contributed by atoms with Crippen molar-refractivity contribution in [1.29, 1.82) is 0 Å². The molecule has 1 saturated heterocycles. The quantitative estimate of drug-likeness (QED) is 0.823. The molecule has 4 atom stereocenters. The van der Waals surface area contributed by atoms with E-state index in [1.807, 2.05) is 0 Å². The molecule has 1 fully saturated rings. The second kappa shape index (κ2) is 5.92. The summed E-state index contributed by atoms with van der Waals surface area (Å²) in [5, 5.41) is 2.54. The number of aldehydes is 1. The van der Waals surface area contributed by atoms with Gasteiger partial charge >= 0.3 is 6.18 Å². The third-order valence-electron chi connectivity index (χ3n) is 5.65. The van der Waals surface area contributed by atoms with E-state index in [-0.39, 0.29) is 0 Å². The molecule has 140 valence electrons. The van der Waals surface area contributed by atoms with E-state index in [1.54, 1.807) is 54.6 Å². The number of anilines is 1. The monoisotopic (exact) mass is 374 g/mol. The van der Waals surface area contributed by atoms with E-state index < -0.39 is 35.5 Å². The summed E-state index contributed by atoms with van der Waals surface area (Å²) in [6.07, 6.45) is -4.13. The highest BCUT2D eigenvalue weighted by molar-refractivity contribution is 6.09. The molecule has 0 saturated carbocycles. The summed E-state index contributed by atoms with van der Waals surface area (Å²) in [5.74, 6) is -2.94. The fourth-order valence-corrected chi connectivity index (χ4v) is 4.51. The molecule has 7 heteroatoms. The van der Waals surface area contributed by atoms with Gasteiger partial charge in [0, 0.05) is 24.2 Å². The smallest absolute Gasteiger partial charge is 0.313 e. The van der Waals surface area contributed by atoms with Crippen molar-refractivity contribution in [2.75, 3.05) is 11.9 Å². The molecular weight excluding hydrogens is 357 g/mol. The van der Waals surface area contributed by atoms with Gasteiger partial charge in [-0.2, -0.15) is 13.2 Å². The molecular formula is C20H17F3N2O2. The van der Waals surface area contributed by atoms with E-state index in [4.69, 9.17) is 0 Å². The lowest BCUT2D eigenvalue weighted by Gasteiger charge is -2.28. The third kappa shape index (κ3) is 2.34. The van der Waals surface area contributed by atoms with Crippen molar-refractivity contribution in [3.05, 3.63) is 65.7 Å². The van der Waals surface area contributed by atoms with Crippen LogP contribution in [0.15, 0.2) is 54.6 Å². The molecule has 1 amide bonds. The highest BCUT2D eigenvalue weighted by Gasteiger charge is 2.68. The van der Waals surface area contributed by atoms with Gasteiger partial charge in [0.2, 0.25) is 0 Å². The Labute approximate surface area is 154 Å². The van der Waals surface area contributed by atoms with Gasteiger partial charge in [-0.1, -0.05) is 48.5 Å². The average molecular weight is 374 g/mol. The summed E-state index contributed by atoms with van der Waals surface area (Å²) >= 11 is 0. The molecule has 2 aliphatic heterocycles. The number of likely N-dealkylation sites (N-methyl/N-ethyl adjacent to an activating group) is 1. The van der Waals surface area contributed by atoms with Crippen LogP contribution in [0.4, 0.5) is 18.9 Å². The first-order valence-electron chi connectivity index (χ1n) is 8.54. The first-order valence-corrected chi connectivity index (χ1v) is 8.54. The van der Waals surface area contributed by atoms with Crippen LogP contribution in [0, 0.1) is 5.92 Å². The summed E-state index contributed by atoms with van der Waals surface area (Å²) in [6, 6.07) is 12.7. The van der Waals surface area contributed by atoms with Crippen LogP contribution in [0.25, 0.3) is 0 Å². The van der Waals surface area contributed by atoms with Crippen molar-refractivity contribution in [2.45, 2.75) is 23.7 Å². The van der Waals surface area contributed by atoms with Crippen LogP contribution in [0.2, 0.25) is 0 Å². The molecule has 2 heterocycles. The normalized spacial score (nSPS) is 30.0. The predicted molar refractivity (Wildman–Crippen MR) is 93.2 cm³/mol. The summed E-state index contributed by atoms with van der Waals surface area (Å²) < 4.78 is 41.8. The van der Waals surface area contributed by atoms with Crippen molar-refractivity contribution in [2.24, 2.45) is 5.92 Å². The number of alkyl halides is 3. The number of hydrogen-bond donors (Lipinski definition) is 1. The molecule has 1 spiro atoms. The molecule has 0 bridgehead atoms. The molecule has 1 N–H and O–H groups in total. The number of nitrogens with zero attached hydrogens (tertiary/aromatic N) is 1. The molecule has 4 nitrogen and oxygen atoms in total. The van der Waals surface area contributed by atoms with Gasteiger partial charge in [0.1, 0.15) is 17.9 Å². The second-order valence-corrected chi connectivity index (χ2v) is 6.95. The maximum atomic E-state index is 13.9. The van der Waals surface area contributed by atoms with Crippen LogP contribution in [0.5, 0.6) is 0 Å². The van der Waals surface area contributed by atoms with Crippen molar-refractivity contribution in [3.63, 3.8) is 0 Å². The van der Waals surface area contributed by atoms with Crippen molar-refractivity contribution < 1.29 is 22.8 Å². The van der Waals surface area contributed by atoms with Crippen molar-refractivity contribution in [1.82, 2.24) is 5.32 Å². The number of fused-ring (bicyclic) bond motifs is 2. The Morgan fingerprint density at radius 3 is 2.33 bits per heavy atom. The highest BCUT2D eigenvalue weighted by atomic mass is 19.4. The summed E-state index contributed by atoms with van der Waals surface area (Å²) in [5.41, 5.74) is -0.437. The topological polar surface area (TPSA) is 49.4 Å². The van der Waals surface area contributed by atoms with E-state index in [0.717, 1.165) is 0 Å². The van der Waals surface area contributed by atoms with Gasteiger partial charge in [-0.05, 0) is 11.6 Å². The standard InChI is InChI=1S/C20H17F3N2O2/c1-25-15-10-6-5-9-13(15)19(18(25)27)14(11-26)16(12-7-3-2-4-8-12)17(24-19)20(21,22)23/h2-11,14,16-17,24H,1H3/t14-,16+,17-,19-/m0/s1. The number of carbonyl (C=O) groups excluding carboxylic acids is 2. The van der Waals surface area contributed by atoms with Crippen molar-refractivity contribution >= 4 is 17.9 Å². The number of nitrogens with one attached hydrogen (secondary N) is 1. The Kier molecular flexibility index (Phi) is 3.89. The first kappa shape index (κ1) is 17.7. The molecule has 0 radical (unpaired) electrons. The number of benzene rings is 2. The molecule has 2 aromatic carbocycles. The van der Waals surface area contributed by atoms with Gasteiger partial charge in [0.25, 0.3) is 5.91 Å². The number of amides is 1. The Morgan fingerprint density at radius 2 is 1.70 bits per heavy atom. The first-order chi connectivity index (χ1) is 12.8. The molecule has 27 heavy (non-hydrogen) atoms. The Hall–Kier alpha value is -2.67. The molecule has 0 unspecified atom stereocenters. The van der Waals surface area contributed by atoms with Gasteiger partial charge in [0.05, 0.1) is 5.92 Å². The number of carbonyl (C=O) groups is 2. The van der Waals surface area contributed by atoms with Crippen LogP contribution in [0.3, 0.4) is 0 Å². The van der Waals surface area contributed by atoms with E-state index in [0.29, 0.717) is 23.1 Å². The Bertz CT molecular complexity index is 900. The van der Waals surface area contributed by atoms with Crippen LogP contribution < -0.4 is 10.2 Å². The van der Waals surface area contributed by atoms with E-state index >= 15 is 0 Å². The number of rotatable bonds is 2. The van der Waals surface area contributed by atoms with E-state index in [2.05, 4.69) is 5.32 Å². The Morgan fingerprint density at radius 1 is 1.07 bits per heavy atom. The lowest BCUT2D eigenvalue weighted by Crippen LogP contribution is -2.54. The average Bonchev–Trinajstić information content (AvgIpc) is 3.13.